The fraction of sp³-hybridized carbons (Fsp3) is 0.385. The molecular formula is C13H17N3O5. The van der Waals surface area contributed by atoms with Crippen LogP contribution in [0.4, 0.5) is 11.4 Å². The molecule has 114 valence electrons. The second-order valence-electron chi connectivity index (χ2n) is 5.45. The largest absolute Gasteiger partial charge is 0.477 e. The van der Waals surface area contributed by atoms with Crippen LogP contribution in [0.1, 0.15) is 31.1 Å². The Balaban J connectivity index is 2.82. The number of amides is 1. The molecule has 0 saturated heterocycles. The van der Waals surface area contributed by atoms with Gasteiger partial charge in [-0.2, -0.15) is 0 Å². The van der Waals surface area contributed by atoms with Crippen LogP contribution >= 0.6 is 0 Å². The van der Waals surface area contributed by atoms with E-state index in [1.54, 1.807) is 0 Å². The van der Waals surface area contributed by atoms with E-state index >= 15 is 0 Å². The average molecular weight is 295 g/mol. The highest BCUT2D eigenvalue weighted by Crippen LogP contribution is 2.23. The van der Waals surface area contributed by atoms with Crippen LogP contribution in [0.15, 0.2) is 18.2 Å². The van der Waals surface area contributed by atoms with Crippen molar-refractivity contribution in [2.45, 2.75) is 26.3 Å². The van der Waals surface area contributed by atoms with E-state index in [2.05, 4.69) is 10.6 Å². The van der Waals surface area contributed by atoms with Gasteiger partial charge in [-0.25, -0.2) is 4.79 Å². The summed E-state index contributed by atoms with van der Waals surface area (Å²) in [5.41, 5.74) is -0.998. The third-order valence-electron chi connectivity index (χ3n) is 2.39. The van der Waals surface area contributed by atoms with Crippen LogP contribution in [0, 0.1) is 10.1 Å². The van der Waals surface area contributed by atoms with Crippen molar-refractivity contribution in [2.24, 2.45) is 0 Å². The molecule has 0 aliphatic heterocycles. The van der Waals surface area contributed by atoms with Crippen molar-refractivity contribution in [3.63, 3.8) is 0 Å². The zero-order chi connectivity index (χ0) is 16.2. The van der Waals surface area contributed by atoms with Gasteiger partial charge in [-0.3, -0.25) is 14.9 Å². The van der Waals surface area contributed by atoms with Gasteiger partial charge in [-0.1, -0.05) is 0 Å². The Morgan fingerprint density at radius 3 is 2.43 bits per heavy atom. The summed E-state index contributed by atoms with van der Waals surface area (Å²) in [6, 6.07) is 3.60. The number of nitro groups is 1. The molecule has 0 heterocycles. The van der Waals surface area contributed by atoms with Crippen LogP contribution in [0.25, 0.3) is 0 Å². The summed E-state index contributed by atoms with van der Waals surface area (Å²) in [6.07, 6.45) is 0. The lowest BCUT2D eigenvalue weighted by molar-refractivity contribution is -0.385. The van der Waals surface area contributed by atoms with Crippen molar-refractivity contribution in [2.75, 3.05) is 11.9 Å². The number of carbonyl (C=O) groups is 2. The minimum Gasteiger partial charge on any atom is -0.477 e. The second kappa shape index (κ2) is 6.21. The summed E-state index contributed by atoms with van der Waals surface area (Å²) >= 11 is 0. The SMILES string of the molecule is CC(C)(C)NC(=O)CNc1ccc(C(=O)O)c([N+](=O)[O-])c1. The lowest BCUT2D eigenvalue weighted by atomic mass is 10.1. The van der Waals surface area contributed by atoms with Gasteiger partial charge in [-0.15, -0.1) is 0 Å². The molecule has 8 nitrogen and oxygen atoms in total. The van der Waals surface area contributed by atoms with Crippen LogP contribution < -0.4 is 10.6 Å². The van der Waals surface area contributed by atoms with E-state index in [1.165, 1.54) is 6.07 Å². The van der Waals surface area contributed by atoms with Gasteiger partial charge in [0.15, 0.2) is 0 Å². The van der Waals surface area contributed by atoms with Crippen LogP contribution in [0.5, 0.6) is 0 Å². The number of nitro benzene ring substituents is 1. The Kier molecular flexibility index (Phi) is 4.85. The van der Waals surface area contributed by atoms with E-state index in [4.69, 9.17) is 5.11 Å². The third kappa shape index (κ3) is 5.09. The standard InChI is InChI=1S/C13H17N3O5/c1-13(2,3)15-11(17)7-14-8-4-5-9(12(18)19)10(6-8)16(20)21/h4-6,14H,7H2,1-3H3,(H,15,17)(H,18,19). The zero-order valence-electron chi connectivity index (χ0n) is 12.0. The molecular weight excluding hydrogens is 278 g/mol. The number of nitrogens with zero attached hydrogens (tertiary/aromatic N) is 1. The van der Waals surface area contributed by atoms with Crippen molar-refractivity contribution >= 4 is 23.3 Å². The molecule has 0 atom stereocenters. The molecule has 0 spiro atoms. The summed E-state index contributed by atoms with van der Waals surface area (Å²) in [6.45, 7) is 5.42. The fourth-order valence-electron chi connectivity index (χ4n) is 1.62. The van der Waals surface area contributed by atoms with Crippen molar-refractivity contribution in [3.8, 4) is 0 Å². The van der Waals surface area contributed by atoms with Crippen LogP contribution in [0.3, 0.4) is 0 Å². The van der Waals surface area contributed by atoms with E-state index in [1.807, 2.05) is 20.8 Å². The van der Waals surface area contributed by atoms with Crippen molar-refractivity contribution in [1.82, 2.24) is 5.32 Å². The number of hydrogen-bond acceptors (Lipinski definition) is 5. The van der Waals surface area contributed by atoms with E-state index in [0.29, 0.717) is 5.69 Å². The summed E-state index contributed by atoms with van der Waals surface area (Å²) in [7, 11) is 0. The molecule has 0 fully saturated rings. The molecule has 0 saturated carbocycles. The van der Waals surface area contributed by atoms with Gasteiger partial charge in [0.1, 0.15) is 5.56 Å². The minimum atomic E-state index is -1.38. The molecule has 0 aliphatic carbocycles. The van der Waals surface area contributed by atoms with Gasteiger partial charge in [0.25, 0.3) is 5.69 Å². The quantitative estimate of drug-likeness (QED) is 0.560. The van der Waals surface area contributed by atoms with Crippen LogP contribution in [0.2, 0.25) is 0 Å². The molecule has 0 radical (unpaired) electrons. The molecule has 1 amide bonds. The molecule has 1 aromatic rings. The number of benzene rings is 1. The molecule has 1 aromatic carbocycles. The number of carboxylic acids is 1. The molecule has 3 N–H and O–H groups in total. The molecule has 0 bridgehead atoms. The summed E-state index contributed by atoms with van der Waals surface area (Å²) in [4.78, 5) is 32.6. The number of carbonyl (C=O) groups excluding carboxylic acids is 1. The maximum Gasteiger partial charge on any atom is 0.342 e. The van der Waals surface area contributed by atoms with Gasteiger partial charge >= 0.3 is 5.97 Å². The van der Waals surface area contributed by atoms with Gasteiger partial charge in [0, 0.05) is 17.3 Å². The molecule has 21 heavy (non-hydrogen) atoms. The highest BCUT2D eigenvalue weighted by Gasteiger charge is 2.20. The van der Waals surface area contributed by atoms with Crippen LogP contribution in [-0.4, -0.2) is 34.0 Å². The number of rotatable bonds is 5. The summed E-state index contributed by atoms with van der Waals surface area (Å²) in [5, 5.41) is 25.1. The van der Waals surface area contributed by atoms with Crippen molar-refractivity contribution in [3.05, 3.63) is 33.9 Å². The minimum absolute atomic E-state index is 0.0686. The lowest BCUT2D eigenvalue weighted by Gasteiger charge is -2.20. The van der Waals surface area contributed by atoms with E-state index < -0.39 is 22.1 Å². The highest BCUT2D eigenvalue weighted by molar-refractivity contribution is 5.93. The molecule has 1 rings (SSSR count). The van der Waals surface area contributed by atoms with E-state index in [9.17, 15) is 19.7 Å². The molecule has 0 aliphatic rings. The smallest absolute Gasteiger partial charge is 0.342 e. The van der Waals surface area contributed by atoms with Gasteiger partial charge < -0.3 is 15.7 Å². The number of hydrogen-bond donors (Lipinski definition) is 3. The first kappa shape index (κ1) is 16.4. The number of aromatic carboxylic acids is 1. The zero-order valence-corrected chi connectivity index (χ0v) is 12.0. The Labute approximate surface area is 121 Å². The summed E-state index contributed by atoms with van der Waals surface area (Å²) in [5.74, 6) is -1.65. The normalized spacial score (nSPS) is 10.8. The number of nitrogens with one attached hydrogen (secondary N) is 2. The Morgan fingerprint density at radius 2 is 1.95 bits per heavy atom. The first-order valence-corrected chi connectivity index (χ1v) is 6.17. The monoisotopic (exact) mass is 295 g/mol. The van der Waals surface area contributed by atoms with Gasteiger partial charge in [-0.05, 0) is 32.9 Å². The molecule has 0 aromatic heterocycles. The topological polar surface area (TPSA) is 122 Å². The lowest BCUT2D eigenvalue weighted by Crippen LogP contribution is -2.43. The first-order chi connectivity index (χ1) is 9.60. The second-order valence-corrected chi connectivity index (χ2v) is 5.45. The van der Waals surface area contributed by atoms with Crippen LogP contribution in [-0.2, 0) is 4.79 Å². The third-order valence-corrected chi connectivity index (χ3v) is 2.39. The predicted molar refractivity (Wildman–Crippen MR) is 76.4 cm³/mol. The Bertz CT molecular complexity index is 578. The summed E-state index contributed by atoms with van der Waals surface area (Å²) < 4.78 is 0. The number of carboxylic acid groups (broad SMARTS) is 1. The first-order valence-electron chi connectivity index (χ1n) is 6.17. The average Bonchev–Trinajstić information content (AvgIpc) is 2.33. The van der Waals surface area contributed by atoms with Gasteiger partial charge in [0.05, 0.1) is 11.5 Å². The molecule has 0 unspecified atom stereocenters. The maximum atomic E-state index is 11.6. The predicted octanol–water partition coefficient (Wildman–Crippen LogP) is 1.62. The van der Waals surface area contributed by atoms with Crippen molar-refractivity contribution in [1.29, 1.82) is 0 Å². The van der Waals surface area contributed by atoms with Gasteiger partial charge in [0.2, 0.25) is 5.91 Å². The Hall–Kier alpha value is -2.64. The fourth-order valence-corrected chi connectivity index (χ4v) is 1.62. The van der Waals surface area contributed by atoms with E-state index in [0.717, 1.165) is 12.1 Å². The van der Waals surface area contributed by atoms with E-state index in [-0.39, 0.29) is 18.0 Å². The molecule has 8 heteroatoms. The number of anilines is 1. The Morgan fingerprint density at radius 1 is 1.33 bits per heavy atom. The maximum absolute atomic E-state index is 11.6. The highest BCUT2D eigenvalue weighted by atomic mass is 16.6. The van der Waals surface area contributed by atoms with Crippen molar-refractivity contribution < 1.29 is 19.6 Å².